The number of ether oxygens (including phenoxy) is 2. The number of hydrogen-bond acceptors (Lipinski definition) is 5. The van der Waals surface area contributed by atoms with Gasteiger partial charge in [-0.1, -0.05) is 17.7 Å². The minimum Gasteiger partial charge on any atom is -0.491 e. The second-order valence-electron chi connectivity index (χ2n) is 5.95. The van der Waals surface area contributed by atoms with Crippen molar-refractivity contribution in [2.75, 3.05) is 31.0 Å². The minimum atomic E-state index is -0.318. The Labute approximate surface area is 177 Å². The molecule has 29 heavy (non-hydrogen) atoms. The van der Waals surface area contributed by atoms with Gasteiger partial charge in [-0.15, -0.1) is 11.3 Å². The number of anilines is 2. The number of halogens is 1. The minimum absolute atomic E-state index is 0.275. The molecule has 6 nitrogen and oxygen atoms in total. The van der Waals surface area contributed by atoms with Crippen LogP contribution < -0.4 is 15.4 Å². The molecular weight excluding hydrogens is 412 g/mol. The van der Waals surface area contributed by atoms with Crippen LogP contribution in [0.4, 0.5) is 11.4 Å². The molecule has 3 rings (SSSR count). The zero-order valence-corrected chi connectivity index (χ0v) is 17.2. The van der Waals surface area contributed by atoms with Gasteiger partial charge in [0.2, 0.25) is 0 Å². The van der Waals surface area contributed by atoms with Crippen LogP contribution >= 0.6 is 22.9 Å². The first-order valence-electron chi connectivity index (χ1n) is 8.74. The lowest BCUT2D eigenvalue weighted by Gasteiger charge is -2.10. The summed E-state index contributed by atoms with van der Waals surface area (Å²) >= 11 is 7.49. The molecule has 0 spiro atoms. The maximum atomic E-state index is 12.6. The number of carbonyl (C=O) groups is 2. The maximum absolute atomic E-state index is 12.6. The van der Waals surface area contributed by atoms with Crippen molar-refractivity contribution >= 4 is 46.1 Å². The molecule has 0 unspecified atom stereocenters. The number of thiophene rings is 1. The fraction of sp³-hybridized carbons (Fsp3) is 0.143. The quantitative estimate of drug-likeness (QED) is 0.497. The van der Waals surface area contributed by atoms with Gasteiger partial charge in [-0.05, 0) is 53.9 Å². The summed E-state index contributed by atoms with van der Waals surface area (Å²) < 4.78 is 10.4. The molecule has 0 bridgehead atoms. The van der Waals surface area contributed by atoms with Gasteiger partial charge in [0.05, 0.1) is 22.2 Å². The van der Waals surface area contributed by atoms with E-state index in [1.807, 2.05) is 5.38 Å². The number of benzene rings is 2. The lowest BCUT2D eigenvalue weighted by molar-refractivity contribution is 0.101. The predicted molar refractivity (Wildman–Crippen MR) is 115 cm³/mol. The van der Waals surface area contributed by atoms with Crippen LogP contribution in [0.2, 0.25) is 5.02 Å². The zero-order chi connectivity index (χ0) is 20.6. The van der Waals surface area contributed by atoms with Crippen molar-refractivity contribution in [1.29, 1.82) is 0 Å². The van der Waals surface area contributed by atoms with Crippen LogP contribution in [0.15, 0.2) is 60.0 Å². The predicted octanol–water partition coefficient (Wildman–Crippen LogP) is 4.93. The van der Waals surface area contributed by atoms with E-state index in [9.17, 15) is 9.59 Å². The van der Waals surface area contributed by atoms with Crippen LogP contribution in [0.1, 0.15) is 20.0 Å². The summed E-state index contributed by atoms with van der Waals surface area (Å²) in [5.74, 6) is 0.0926. The van der Waals surface area contributed by atoms with E-state index in [1.165, 1.54) is 11.3 Å². The van der Waals surface area contributed by atoms with Crippen molar-refractivity contribution in [2.24, 2.45) is 0 Å². The molecule has 0 radical (unpaired) electrons. The first-order valence-corrected chi connectivity index (χ1v) is 10.00. The van der Waals surface area contributed by atoms with E-state index in [4.69, 9.17) is 21.1 Å². The van der Waals surface area contributed by atoms with E-state index in [1.54, 1.807) is 61.7 Å². The average Bonchev–Trinajstić information content (AvgIpc) is 3.26. The Balaban J connectivity index is 1.65. The Hall–Kier alpha value is -2.87. The van der Waals surface area contributed by atoms with Gasteiger partial charge < -0.3 is 20.1 Å². The summed E-state index contributed by atoms with van der Waals surface area (Å²) in [4.78, 5) is 25.4. The van der Waals surface area contributed by atoms with E-state index in [0.29, 0.717) is 45.8 Å². The summed E-state index contributed by atoms with van der Waals surface area (Å²) in [6.07, 6.45) is 0. The third kappa shape index (κ3) is 5.80. The zero-order valence-electron chi connectivity index (χ0n) is 15.6. The van der Waals surface area contributed by atoms with Crippen LogP contribution in [0.5, 0.6) is 5.75 Å². The van der Waals surface area contributed by atoms with Gasteiger partial charge in [0.1, 0.15) is 12.4 Å². The van der Waals surface area contributed by atoms with Gasteiger partial charge in [0.15, 0.2) is 0 Å². The molecule has 0 atom stereocenters. The lowest BCUT2D eigenvalue weighted by Crippen LogP contribution is -2.14. The van der Waals surface area contributed by atoms with Crippen LogP contribution in [0.3, 0.4) is 0 Å². The van der Waals surface area contributed by atoms with Gasteiger partial charge in [-0.25, -0.2) is 0 Å². The molecule has 2 N–H and O–H groups in total. The summed E-state index contributed by atoms with van der Waals surface area (Å²) in [5, 5.41) is 7.71. The molecule has 0 saturated heterocycles. The standard InChI is InChI=1S/C21H19ClN2O4S/c1-27-10-11-28-16-7-5-15(6-8-16)23-20(25)14-4-9-17(22)18(13-14)24-21(26)19-3-2-12-29-19/h2-9,12-13H,10-11H2,1H3,(H,23,25)(H,24,26). The topological polar surface area (TPSA) is 76.7 Å². The molecule has 3 aromatic rings. The highest BCUT2D eigenvalue weighted by molar-refractivity contribution is 7.12. The molecule has 150 valence electrons. The first kappa shape index (κ1) is 20.9. The smallest absolute Gasteiger partial charge is 0.265 e. The number of nitrogens with one attached hydrogen (secondary N) is 2. The Morgan fingerprint density at radius 1 is 1.00 bits per heavy atom. The van der Waals surface area contributed by atoms with E-state index in [-0.39, 0.29) is 11.8 Å². The SMILES string of the molecule is COCCOc1ccc(NC(=O)c2ccc(Cl)c(NC(=O)c3cccs3)c2)cc1. The molecule has 0 saturated carbocycles. The van der Waals surface area contributed by atoms with Crippen molar-refractivity contribution in [2.45, 2.75) is 0 Å². The molecule has 0 fully saturated rings. The Bertz CT molecular complexity index is 975. The highest BCUT2D eigenvalue weighted by atomic mass is 35.5. The fourth-order valence-corrected chi connectivity index (χ4v) is 3.22. The number of carbonyl (C=O) groups excluding carboxylic acids is 2. The molecule has 1 aromatic heterocycles. The van der Waals surface area contributed by atoms with E-state index in [0.717, 1.165) is 0 Å². The van der Waals surface area contributed by atoms with Crippen molar-refractivity contribution in [1.82, 2.24) is 0 Å². The lowest BCUT2D eigenvalue weighted by atomic mass is 10.1. The van der Waals surface area contributed by atoms with Gasteiger partial charge in [-0.2, -0.15) is 0 Å². The molecule has 8 heteroatoms. The summed E-state index contributed by atoms with van der Waals surface area (Å²) in [5.41, 5.74) is 1.36. The van der Waals surface area contributed by atoms with Crippen molar-refractivity contribution in [3.05, 3.63) is 75.4 Å². The Morgan fingerprint density at radius 2 is 1.79 bits per heavy atom. The van der Waals surface area contributed by atoms with Gasteiger partial charge in [-0.3, -0.25) is 9.59 Å². The molecule has 1 heterocycles. The highest BCUT2D eigenvalue weighted by Crippen LogP contribution is 2.25. The normalized spacial score (nSPS) is 10.4. The van der Waals surface area contributed by atoms with Crippen molar-refractivity contribution in [3.63, 3.8) is 0 Å². The summed E-state index contributed by atoms with van der Waals surface area (Å²) in [7, 11) is 1.61. The Morgan fingerprint density at radius 3 is 2.48 bits per heavy atom. The maximum Gasteiger partial charge on any atom is 0.265 e. The average molecular weight is 431 g/mol. The van der Waals surface area contributed by atoms with Crippen LogP contribution in [-0.2, 0) is 4.74 Å². The third-order valence-corrected chi connectivity index (χ3v) is 5.09. The van der Waals surface area contributed by atoms with Crippen molar-refractivity contribution < 1.29 is 19.1 Å². The molecule has 2 amide bonds. The highest BCUT2D eigenvalue weighted by Gasteiger charge is 2.13. The molecule has 0 aliphatic heterocycles. The summed E-state index contributed by atoms with van der Waals surface area (Å²) in [6, 6.07) is 15.2. The van der Waals surface area contributed by atoms with Crippen LogP contribution in [0.25, 0.3) is 0 Å². The molecular formula is C21H19ClN2O4S. The second-order valence-corrected chi connectivity index (χ2v) is 7.30. The summed E-state index contributed by atoms with van der Waals surface area (Å²) in [6.45, 7) is 0.952. The van der Waals surface area contributed by atoms with Crippen LogP contribution in [-0.4, -0.2) is 32.1 Å². The number of hydrogen-bond donors (Lipinski definition) is 2. The van der Waals surface area contributed by atoms with E-state index < -0.39 is 0 Å². The van der Waals surface area contributed by atoms with E-state index >= 15 is 0 Å². The fourth-order valence-electron chi connectivity index (χ4n) is 2.43. The van der Waals surface area contributed by atoms with Crippen LogP contribution in [0, 0.1) is 0 Å². The van der Waals surface area contributed by atoms with E-state index in [2.05, 4.69) is 10.6 Å². The number of rotatable bonds is 8. The van der Waals surface area contributed by atoms with Gasteiger partial charge in [0, 0.05) is 18.4 Å². The van der Waals surface area contributed by atoms with Crippen molar-refractivity contribution in [3.8, 4) is 5.75 Å². The van der Waals surface area contributed by atoms with Gasteiger partial charge >= 0.3 is 0 Å². The monoisotopic (exact) mass is 430 g/mol. The second kappa shape index (κ2) is 10.1. The van der Waals surface area contributed by atoms with Gasteiger partial charge in [0.25, 0.3) is 11.8 Å². The molecule has 2 aromatic carbocycles. The third-order valence-electron chi connectivity index (χ3n) is 3.89. The molecule has 0 aliphatic rings. The largest absolute Gasteiger partial charge is 0.491 e. The first-order chi connectivity index (χ1) is 14.1. The molecule has 0 aliphatic carbocycles. The number of amides is 2. The number of methoxy groups -OCH3 is 1. The Kier molecular flexibility index (Phi) is 7.24.